The molecule has 0 aliphatic carbocycles. The molecule has 88 valence electrons. The van der Waals surface area contributed by atoms with Gasteiger partial charge in [0.2, 0.25) is 5.91 Å². The van der Waals surface area contributed by atoms with E-state index in [9.17, 15) is 4.79 Å². The van der Waals surface area contributed by atoms with E-state index in [-0.39, 0.29) is 11.3 Å². The lowest BCUT2D eigenvalue weighted by atomic mass is 9.92. The van der Waals surface area contributed by atoms with Crippen molar-refractivity contribution in [2.75, 3.05) is 5.32 Å². The highest BCUT2D eigenvalue weighted by Crippen LogP contribution is 2.21. The summed E-state index contributed by atoms with van der Waals surface area (Å²) in [5.41, 5.74) is 1.59. The standard InChI is InChI=1S/C12H17BrN2O/c1-8-9(5-6-10(13)14-8)15-11(16)7-12(2,3)4/h5-6H,7H2,1-4H3,(H,15,16). The highest BCUT2D eigenvalue weighted by atomic mass is 79.9. The molecule has 3 nitrogen and oxygen atoms in total. The number of carbonyl (C=O) groups excluding carboxylic acids is 1. The number of carbonyl (C=O) groups is 1. The molecule has 1 aromatic heterocycles. The molecule has 0 atom stereocenters. The highest BCUT2D eigenvalue weighted by Gasteiger charge is 2.16. The van der Waals surface area contributed by atoms with Crippen molar-refractivity contribution >= 4 is 27.5 Å². The van der Waals surface area contributed by atoms with E-state index >= 15 is 0 Å². The molecular formula is C12H17BrN2O. The maximum absolute atomic E-state index is 11.7. The van der Waals surface area contributed by atoms with Crippen LogP contribution in [0, 0.1) is 12.3 Å². The van der Waals surface area contributed by atoms with Gasteiger partial charge in [0.05, 0.1) is 11.4 Å². The Morgan fingerprint density at radius 1 is 1.44 bits per heavy atom. The van der Waals surface area contributed by atoms with Crippen LogP contribution in [0.2, 0.25) is 0 Å². The second kappa shape index (κ2) is 4.95. The Kier molecular flexibility index (Phi) is 4.08. The molecule has 0 fully saturated rings. The maximum atomic E-state index is 11.7. The molecule has 0 saturated carbocycles. The number of aromatic nitrogens is 1. The quantitative estimate of drug-likeness (QED) is 0.845. The summed E-state index contributed by atoms with van der Waals surface area (Å²) in [6, 6.07) is 3.67. The Balaban J connectivity index is 2.70. The van der Waals surface area contributed by atoms with E-state index in [2.05, 4.69) is 26.2 Å². The molecule has 0 radical (unpaired) electrons. The topological polar surface area (TPSA) is 42.0 Å². The van der Waals surface area contributed by atoms with Crippen LogP contribution in [0.25, 0.3) is 0 Å². The van der Waals surface area contributed by atoms with Crippen molar-refractivity contribution in [3.63, 3.8) is 0 Å². The molecule has 0 aromatic carbocycles. The summed E-state index contributed by atoms with van der Waals surface area (Å²) in [6.45, 7) is 8.00. The zero-order valence-corrected chi connectivity index (χ0v) is 11.7. The Morgan fingerprint density at radius 2 is 2.06 bits per heavy atom. The molecule has 0 aliphatic rings. The lowest BCUT2D eigenvalue weighted by molar-refractivity contribution is -0.117. The minimum Gasteiger partial charge on any atom is -0.324 e. The number of nitrogens with one attached hydrogen (secondary N) is 1. The molecule has 16 heavy (non-hydrogen) atoms. The fourth-order valence-electron chi connectivity index (χ4n) is 1.34. The Hall–Kier alpha value is -0.900. The molecule has 0 saturated heterocycles. The number of halogens is 1. The molecule has 1 rings (SSSR count). The molecule has 1 aromatic rings. The van der Waals surface area contributed by atoms with Gasteiger partial charge in [0.25, 0.3) is 0 Å². The maximum Gasteiger partial charge on any atom is 0.224 e. The summed E-state index contributed by atoms with van der Waals surface area (Å²) in [4.78, 5) is 15.9. The number of rotatable bonds is 2. The molecule has 0 unspecified atom stereocenters. The first kappa shape index (κ1) is 13.2. The Morgan fingerprint density at radius 3 is 2.56 bits per heavy atom. The molecule has 0 bridgehead atoms. The van der Waals surface area contributed by atoms with Crippen LogP contribution in [0.15, 0.2) is 16.7 Å². The fourth-order valence-corrected chi connectivity index (χ4v) is 1.74. The monoisotopic (exact) mass is 284 g/mol. The summed E-state index contributed by atoms with van der Waals surface area (Å²) in [7, 11) is 0. The van der Waals surface area contributed by atoms with E-state index < -0.39 is 0 Å². The van der Waals surface area contributed by atoms with Crippen LogP contribution in [0.3, 0.4) is 0 Å². The smallest absolute Gasteiger partial charge is 0.224 e. The highest BCUT2D eigenvalue weighted by molar-refractivity contribution is 9.10. The third-order valence-corrected chi connectivity index (χ3v) is 2.46. The van der Waals surface area contributed by atoms with Crippen LogP contribution < -0.4 is 5.32 Å². The SMILES string of the molecule is Cc1nc(Br)ccc1NC(=O)CC(C)(C)C. The number of aryl methyl sites for hydroxylation is 1. The van der Waals surface area contributed by atoms with E-state index in [1.54, 1.807) is 0 Å². The molecule has 0 aliphatic heterocycles. The van der Waals surface area contributed by atoms with E-state index in [1.165, 1.54) is 0 Å². The van der Waals surface area contributed by atoms with Crippen molar-refractivity contribution in [1.82, 2.24) is 4.98 Å². The van der Waals surface area contributed by atoms with E-state index in [1.807, 2.05) is 39.8 Å². The summed E-state index contributed by atoms with van der Waals surface area (Å²) < 4.78 is 0.777. The summed E-state index contributed by atoms with van der Waals surface area (Å²) >= 11 is 3.29. The van der Waals surface area contributed by atoms with Gasteiger partial charge in [0, 0.05) is 6.42 Å². The lowest BCUT2D eigenvalue weighted by Crippen LogP contribution is -2.20. The normalized spacial score (nSPS) is 11.3. The number of hydrogen-bond donors (Lipinski definition) is 1. The predicted molar refractivity (Wildman–Crippen MR) is 69.4 cm³/mol. The molecule has 0 spiro atoms. The molecule has 1 amide bonds. The van der Waals surface area contributed by atoms with Crippen molar-refractivity contribution in [1.29, 1.82) is 0 Å². The van der Waals surface area contributed by atoms with Crippen molar-refractivity contribution < 1.29 is 4.79 Å². The zero-order valence-electron chi connectivity index (χ0n) is 10.1. The van der Waals surface area contributed by atoms with Gasteiger partial charge in [-0.25, -0.2) is 4.98 Å². The zero-order chi connectivity index (χ0) is 12.3. The number of anilines is 1. The van der Waals surface area contributed by atoms with Gasteiger partial charge in [0.15, 0.2) is 0 Å². The number of hydrogen-bond acceptors (Lipinski definition) is 2. The van der Waals surface area contributed by atoms with Gasteiger partial charge < -0.3 is 5.32 Å². The first-order valence-corrected chi connectivity index (χ1v) is 6.00. The molecule has 1 heterocycles. The van der Waals surface area contributed by atoms with E-state index in [0.29, 0.717) is 6.42 Å². The van der Waals surface area contributed by atoms with Gasteiger partial charge in [-0.05, 0) is 40.4 Å². The minimum absolute atomic E-state index is 0.000774. The molecule has 4 heteroatoms. The lowest BCUT2D eigenvalue weighted by Gasteiger charge is -2.17. The third-order valence-electron chi connectivity index (χ3n) is 2.02. The van der Waals surface area contributed by atoms with Crippen molar-refractivity contribution in [2.24, 2.45) is 5.41 Å². The average Bonchev–Trinajstić information content (AvgIpc) is 2.06. The van der Waals surface area contributed by atoms with E-state index in [4.69, 9.17) is 0 Å². The van der Waals surface area contributed by atoms with Crippen molar-refractivity contribution in [2.45, 2.75) is 34.1 Å². The summed E-state index contributed by atoms with van der Waals surface area (Å²) in [6.07, 6.45) is 0.502. The van der Waals surface area contributed by atoms with Gasteiger partial charge in [-0.15, -0.1) is 0 Å². The van der Waals surface area contributed by atoms with Crippen LogP contribution in [0.5, 0.6) is 0 Å². The van der Waals surface area contributed by atoms with Gasteiger partial charge in [-0.1, -0.05) is 20.8 Å². The number of amides is 1. The Labute approximate surface area is 105 Å². The fraction of sp³-hybridized carbons (Fsp3) is 0.500. The van der Waals surface area contributed by atoms with Crippen LogP contribution in [-0.4, -0.2) is 10.9 Å². The van der Waals surface area contributed by atoms with Crippen LogP contribution in [-0.2, 0) is 4.79 Å². The van der Waals surface area contributed by atoms with Gasteiger partial charge in [-0.2, -0.15) is 0 Å². The van der Waals surface area contributed by atoms with Crippen molar-refractivity contribution in [3.8, 4) is 0 Å². The van der Waals surface area contributed by atoms with Crippen molar-refractivity contribution in [3.05, 3.63) is 22.4 Å². The number of pyridine rings is 1. The summed E-state index contributed by atoms with van der Waals surface area (Å²) in [5, 5.41) is 2.87. The first-order chi connectivity index (χ1) is 7.28. The second-order valence-corrected chi connectivity index (χ2v) is 5.87. The van der Waals surface area contributed by atoms with Crippen LogP contribution in [0.4, 0.5) is 5.69 Å². The van der Waals surface area contributed by atoms with Crippen LogP contribution >= 0.6 is 15.9 Å². The predicted octanol–water partition coefficient (Wildman–Crippen LogP) is 3.53. The minimum atomic E-state index is 0.000774. The number of nitrogens with zero attached hydrogens (tertiary/aromatic N) is 1. The second-order valence-electron chi connectivity index (χ2n) is 5.05. The van der Waals surface area contributed by atoms with Crippen LogP contribution in [0.1, 0.15) is 32.9 Å². The average molecular weight is 285 g/mol. The third kappa shape index (κ3) is 4.31. The molecule has 1 N–H and O–H groups in total. The largest absolute Gasteiger partial charge is 0.324 e. The van der Waals surface area contributed by atoms with Gasteiger partial charge in [-0.3, -0.25) is 4.79 Å². The summed E-state index contributed by atoms with van der Waals surface area (Å²) in [5.74, 6) is 0.0275. The van der Waals surface area contributed by atoms with Gasteiger partial charge >= 0.3 is 0 Å². The molecular weight excluding hydrogens is 268 g/mol. The van der Waals surface area contributed by atoms with E-state index in [0.717, 1.165) is 16.0 Å². The first-order valence-electron chi connectivity index (χ1n) is 5.21. The van der Waals surface area contributed by atoms with Gasteiger partial charge in [0.1, 0.15) is 4.60 Å². The Bertz CT molecular complexity index is 396.